The van der Waals surface area contributed by atoms with Crippen molar-refractivity contribution in [3.8, 4) is 11.5 Å². The highest BCUT2D eigenvalue weighted by Crippen LogP contribution is 2.32. The standard InChI is InChI=1S/C22H22N2O5S/c1-28-17-9-7-15(8-10-17)13-19-21(26)24(22(27)30-19)12-11-23-20(25)14-16-5-3-4-6-18(16)29-2/h3-10,13H,11-12,14H2,1-2H3,(H,23,25). The van der Waals surface area contributed by atoms with Gasteiger partial charge in [0.1, 0.15) is 11.5 Å². The van der Waals surface area contributed by atoms with Gasteiger partial charge < -0.3 is 14.8 Å². The van der Waals surface area contributed by atoms with Crippen molar-refractivity contribution >= 4 is 34.9 Å². The summed E-state index contributed by atoms with van der Waals surface area (Å²) in [6.45, 7) is 0.296. The van der Waals surface area contributed by atoms with Crippen molar-refractivity contribution in [2.24, 2.45) is 0 Å². The Labute approximate surface area is 179 Å². The summed E-state index contributed by atoms with van der Waals surface area (Å²) in [7, 11) is 3.13. The van der Waals surface area contributed by atoms with Gasteiger partial charge in [0.05, 0.1) is 25.5 Å². The van der Waals surface area contributed by atoms with Crippen LogP contribution in [0.15, 0.2) is 53.4 Å². The maximum Gasteiger partial charge on any atom is 0.293 e. The lowest BCUT2D eigenvalue weighted by Gasteiger charge is -2.13. The molecule has 7 nitrogen and oxygen atoms in total. The largest absolute Gasteiger partial charge is 0.497 e. The van der Waals surface area contributed by atoms with E-state index in [-0.39, 0.29) is 36.6 Å². The second-order valence-electron chi connectivity index (χ2n) is 6.45. The van der Waals surface area contributed by atoms with Crippen LogP contribution in [0.3, 0.4) is 0 Å². The van der Waals surface area contributed by atoms with Gasteiger partial charge in [-0.05, 0) is 41.6 Å². The lowest BCUT2D eigenvalue weighted by molar-refractivity contribution is -0.124. The van der Waals surface area contributed by atoms with E-state index in [2.05, 4.69) is 5.32 Å². The van der Waals surface area contributed by atoms with Crippen molar-refractivity contribution in [3.05, 3.63) is 64.6 Å². The average molecular weight is 426 g/mol. The van der Waals surface area contributed by atoms with Gasteiger partial charge in [0.2, 0.25) is 5.91 Å². The molecule has 0 unspecified atom stereocenters. The molecule has 8 heteroatoms. The third-order valence-electron chi connectivity index (χ3n) is 4.49. The number of methoxy groups -OCH3 is 2. The SMILES string of the molecule is COc1ccc(C=C2SC(=O)N(CCNC(=O)Cc3ccccc3OC)C2=O)cc1. The number of nitrogens with one attached hydrogen (secondary N) is 1. The molecule has 3 rings (SSSR count). The van der Waals surface area contributed by atoms with E-state index in [9.17, 15) is 14.4 Å². The zero-order chi connectivity index (χ0) is 21.5. The molecule has 1 fully saturated rings. The van der Waals surface area contributed by atoms with Crippen molar-refractivity contribution in [3.63, 3.8) is 0 Å². The van der Waals surface area contributed by atoms with E-state index in [0.717, 1.165) is 27.8 Å². The van der Waals surface area contributed by atoms with Crippen molar-refractivity contribution < 1.29 is 23.9 Å². The van der Waals surface area contributed by atoms with E-state index in [1.54, 1.807) is 38.5 Å². The fourth-order valence-corrected chi connectivity index (χ4v) is 3.80. The van der Waals surface area contributed by atoms with Gasteiger partial charge in [0.25, 0.3) is 11.1 Å². The van der Waals surface area contributed by atoms with Gasteiger partial charge in [0.15, 0.2) is 0 Å². The van der Waals surface area contributed by atoms with Crippen LogP contribution in [0.4, 0.5) is 4.79 Å². The number of ether oxygens (including phenoxy) is 2. The molecule has 156 valence electrons. The Bertz CT molecular complexity index is 972. The summed E-state index contributed by atoms with van der Waals surface area (Å²) in [6.07, 6.45) is 1.83. The van der Waals surface area contributed by atoms with Crippen LogP contribution in [0.1, 0.15) is 11.1 Å². The fraction of sp³-hybridized carbons (Fsp3) is 0.227. The Kier molecular flexibility index (Phi) is 7.13. The van der Waals surface area contributed by atoms with Crippen molar-refractivity contribution in [1.82, 2.24) is 10.2 Å². The molecule has 30 heavy (non-hydrogen) atoms. The number of para-hydroxylation sites is 1. The maximum absolute atomic E-state index is 12.6. The molecule has 2 aromatic carbocycles. The van der Waals surface area contributed by atoms with E-state index in [1.165, 1.54) is 0 Å². The lowest BCUT2D eigenvalue weighted by Crippen LogP contribution is -2.37. The number of carbonyl (C=O) groups excluding carboxylic acids is 3. The summed E-state index contributed by atoms with van der Waals surface area (Å²) in [5.74, 6) is 0.784. The minimum Gasteiger partial charge on any atom is -0.497 e. The van der Waals surface area contributed by atoms with Gasteiger partial charge in [-0.25, -0.2) is 0 Å². The minimum atomic E-state index is -0.361. The molecule has 0 radical (unpaired) electrons. The molecular formula is C22H22N2O5S. The number of hydrogen-bond acceptors (Lipinski definition) is 6. The van der Waals surface area contributed by atoms with Gasteiger partial charge in [-0.15, -0.1) is 0 Å². The number of hydrogen-bond donors (Lipinski definition) is 1. The van der Waals surface area contributed by atoms with E-state index in [4.69, 9.17) is 9.47 Å². The van der Waals surface area contributed by atoms with Crippen molar-refractivity contribution in [1.29, 1.82) is 0 Å². The summed E-state index contributed by atoms with van der Waals surface area (Å²) < 4.78 is 10.4. The molecule has 1 N–H and O–H groups in total. The first kappa shape index (κ1) is 21.4. The van der Waals surface area contributed by atoms with Crippen LogP contribution < -0.4 is 14.8 Å². The zero-order valence-corrected chi connectivity index (χ0v) is 17.5. The summed E-state index contributed by atoms with van der Waals surface area (Å²) in [4.78, 5) is 38.5. The van der Waals surface area contributed by atoms with Gasteiger partial charge in [-0.2, -0.15) is 0 Å². The molecule has 0 spiro atoms. The molecule has 1 heterocycles. The fourth-order valence-electron chi connectivity index (χ4n) is 2.94. The molecular weight excluding hydrogens is 404 g/mol. The molecule has 2 aromatic rings. The molecule has 0 bridgehead atoms. The van der Waals surface area contributed by atoms with E-state index < -0.39 is 0 Å². The van der Waals surface area contributed by atoms with Crippen LogP contribution in [-0.4, -0.2) is 49.3 Å². The third-order valence-corrected chi connectivity index (χ3v) is 5.40. The Morgan fingerprint density at radius 1 is 1.07 bits per heavy atom. The molecule has 0 saturated carbocycles. The second-order valence-corrected chi connectivity index (χ2v) is 7.44. The van der Waals surface area contributed by atoms with E-state index in [1.807, 2.05) is 30.3 Å². The Balaban J connectivity index is 1.54. The second kappa shape index (κ2) is 9.98. The number of benzene rings is 2. The number of imide groups is 1. The van der Waals surface area contributed by atoms with Crippen LogP contribution in [0.5, 0.6) is 11.5 Å². The molecule has 0 aliphatic carbocycles. The van der Waals surface area contributed by atoms with Gasteiger partial charge in [0, 0.05) is 18.7 Å². The summed E-state index contributed by atoms with van der Waals surface area (Å²) in [5, 5.41) is 2.40. The van der Waals surface area contributed by atoms with E-state index in [0.29, 0.717) is 16.4 Å². The molecule has 1 aliphatic rings. The molecule has 0 aromatic heterocycles. The Morgan fingerprint density at radius 3 is 2.50 bits per heavy atom. The molecule has 0 atom stereocenters. The molecule has 1 aliphatic heterocycles. The highest BCUT2D eigenvalue weighted by Gasteiger charge is 2.34. The predicted molar refractivity (Wildman–Crippen MR) is 115 cm³/mol. The molecule has 1 saturated heterocycles. The monoisotopic (exact) mass is 426 g/mol. The Hall–Kier alpha value is -3.26. The zero-order valence-electron chi connectivity index (χ0n) is 16.7. The topological polar surface area (TPSA) is 84.9 Å². The number of rotatable bonds is 8. The number of thioether (sulfide) groups is 1. The highest BCUT2D eigenvalue weighted by molar-refractivity contribution is 8.18. The summed E-state index contributed by atoms with van der Waals surface area (Å²) >= 11 is 0.891. The first-order valence-corrected chi connectivity index (χ1v) is 10.1. The number of nitrogens with zero attached hydrogens (tertiary/aromatic N) is 1. The molecule has 3 amide bonds. The Morgan fingerprint density at radius 2 is 1.80 bits per heavy atom. The van der Waals surface area contributed by atoms with Crippen LogP contribution in [0.25, 0.3) is 6.08 Å². The minimum absolute atomic E-state index is 0.113. The van der Waals surface area contributed by atoms with Crippen molar-refractivity contribution in [2.45, 2.75) is 6.42 Å². The van der Waals surface area contributed by atoms with Crippen LogP contribution in [-0.2, 0) is 16.0 Å². The van der Waals surface area contributed by atoms with Gasteiger partial charge in [-0.1, -0.05) is 30.3 Å². The summed E-state index contributed by atoms with van der Waals surface area (Å²) in [5.41, 5.74) is 1.57. The maximum atomic E-state index is 12.6. The first-order chi connectivity index (χ1) is 14.5. The van der Waals surface area contributed by atoms with Gasteiger partial charge in [-0.3, -0.25) is 19.3 Å². The first-order valence-electron chi connectivity index (χ1n) is 9.30. The average Bonchev–Trinajstić information content (AvgIpc) is 3.02. The number of carbonyl (C=O) groups is 3. The smallest absolute Gasteiger partial charge is 0.293 e. The normalized spacial score (nSPS) is 14.9. The summed E-state index contributed by atoms with van der Waals surface area (Å²) in [6, 6.07) is 14.5. The van der Waals surface area contributed by atoms with Crippen LogP contribution >= 0.6 is 11.8 Å². The third kappa shape index (κ3) is 5.21. The quantitative estimate of drug-likeness (QED) is 0.653. The highest BCUT2D eigenvalue weighted by atomic mass is 32.2. The van der Waals surface area contributed by atoms with Gasteiger partial charge >= 0.3 is 0 Å². The van der Waals surface area contributed by atoms with Crippen LogP contribution in [0, 0.1) is 0 Å². The van der Waals surface area contributed by atoms with E-state index >= 15 is 0 Å². The number of amides is 3. The predicted octanol–water partition coefficient (Wildman–Crippen LogP) is 3.10. The van der Waals surface area contributed by atoms with Crippen molar-refractivity contribution in [2.75, 3.05) is 27.3 Å². The lowest BCUT2D eigenvalue weighted by atomic mass is 10.1. The van der Waals surface area contributed by atoms with Crippen LogP contribution in [0.2, 0.25) is 0 Å².